The third kappa shape index (κ3) is 2.03. The third-order valence-electron chi connectivity index (χ3n) is 8.84. The summed E-state index contributed by atoms with van der Waals surface area (Å²) in [7, 11) is 0. The van der Waals surface area contributed by atoms with Crippen LogP contribution in [0.2, 0.25) is 0 Å². The molecule has 4 aliphatic carbocycles. The number of carboxylic acid groups (broad SMARTS) is 1. The molecular formula is C21H32O3. The standard InChI is InChI=1S/C21H32O3/c1-14-11-20-9-5-15-18(2,12-17(22)23)7-4-8-19(15,3)16(20)6-10-21(14,24)13-20/h15-16,24H,1,4-13H2,2-3H3,(H,22,23)/t15-,16+,18+,19-,20-,21+/m1/s1. The lowest BCUT2D eigenvalue weighted by atomic mass is 9.40. The van der Waals surface area contributed by atoms with Crippen molar-refractivity contribution in [3.05, 3.63) is 12.2 Å². The Morgan fingerprint density at radius 2 is 1.88 bits per heavy atom. The molecule has 3 heteroatoms. The zero-order chi connectivity index (χ0) is 17.4. The number of carboxylic acids is 1. The molecule has 3 nitrogen and oxygen atoms in total. The monoisotopic (exact) mass is 332 g/mol. The average molecular weight is 332 g/mol. The van der Waals surface area contributed by atoms with Gasteiger partial charge in [0.15, 0.2) is 0 Å². The normalized spacial score (nSPS) is 53.4. The minimum atomic E-state index is -0.644. The molecule has 24 heavy (non-hydrogen) atoms. The summed E-state index contributed by atoms with van der Waals surface area (Å²) in [5, 5.41) is 20.4. The molecule has 0 aliphatic heterocycles. The van der Waals surface area contributed by atoms with Crippen LogP contribution in [0.4, 0.5) is 0 Å². The second-order valence-corrected chi connectivity index (χ2v) is 10.1. The molecule has 0 heterocycles. The third-order valence-corrected chi connectivity index (χ3v) is 8.84. The van der Waals surface area contributed by atoms with E-state index >= 15 is 0 Å². The number of carbonyl (C=O) groups is 1. The maximum atomic E-state index is 11.5. The van der Waals surface area contributed by atoms with Gasteiger partial charge in [0.25, 0.3) is 0 Å². The summed E-state index contributed by atoms with van der Waals surface area (Å²) >= 11 is 0. The Balaban J connectivity index is 1.71. The first-order valence-corrected chi connectivity index (χ1v) is 9.76. The van der Waals surface area contributed by atoms with E-state index in [1.165, 1.54) is 6.42 Å². The first-order chi connectivity index (χ1) is 11.1. The summed E-state index contributed by atoms with van der Waals surface area (Å²) in [6.07, 6.45) is 9.85. The molecule has 0 aromatic carbocycles. The molecule has 0 unspecified atom stereocenters. The summed E-state index contributed by atoms with van der Waals surface area (Å²) in [5.74, 6) is 0.483. The van der Waals surface area contributed by atoms with Crippen molar-refractivity contribution >= 4 is 5.97 Å². The maximum Gasteiger partial charge on any atom is 0.303 e. The van der Waals surface area contributed by atoms with Crippen LogP contribution in [0.25, 0.3) is 0 Å². The molecule has 2 N–H and O–H groups in total. The Kier molecular flexibility index (Phi) is 3.37. The van der Waals surface area contributed by atoms with Crippen LogP contribution >= 0.6 is 0 Å². The summed E-state index contributed by atoms with van der Waals surface area (Å²) < 4.78 is 0. The van der Waals surface area contributed by atoms with Crippen LogP contribution in [0.3, 0.4) is 0 Å². The predicted octanol–water partition coefficient (Wildman–Crippen LogP) is 4.55. The molecule has 0 saturated heterocycles. The van der Waals surface area contributed by atoms with Crippen molar-refractivity contribution in [2.24, 2.45) is 28.1 Å². The Labute approximate surface area is 145 Å². The highest BCUT2D eigenvalue weighted by Gasteiger charge is 2.66. The van der Waals surface area contributed by atoms with E-state index < -0.39 is 11.6 Å². The van der Waals surface area contributed by atoms with Gasteiger partial charge < -0.3 is 10.2 Å². The lowest BCUT2D eigenvalue weighted by Gasteiger charge is -2.64. The fraction of sp³-hybridized carbons (Fsp3) is 0.857. The van der Waals surface area contributed by atoms with Gasteiger partial charge in [-0.3, -0.25) is 4.79 Å². The molecule has 134 valence electrons. The second kappa shape index (κ2) is 4.87. The van der Waals surface area contributed by atoms with Crippen LogP contribution < -0.4 is 0 Å². The molecule has 6 atom stereocenters. The Morgan fingerprint density at radius 3 is 2.58 bits per heavy atom. The van der Waals surface area contributed by atoms with Crippen LogP contribution in [0, 0.1) is 28.1 Å². The Bertz CT molecular complexity index is 598. The molecule has 4 aliphatic rings. The van der Waals surface area contributed by atoms with Gasteiger partial charge in [-0.25, -0.2) is 0 Å². The van der Waals surface area contributed by atoms with Crippen molar-refractivity contribution in [3.8, 4) is 0 Å². The first kappa shape index (κ1) is 16.6. The number of hydrogen-bond donors (Lipinski definition) is 2. The maximum absolute atomic E-state index is 11.5. The zero-order valence-corrected chi connectivity index (χ0v) is 15.2. The van der Waals surface area contributed by atoms with Gasteiger partial charge in [0, 0.05) is 0 Å². The van der Waals surface area contributed by atoms with Crippen molar-refractivity contribution in [3.63, 3.8) is 0 Å². The molecular weight excluding hydrogens is 300 g/mol. The minimum absolute atomic E-state index is 0.0657. The van der Waals surface area contributed by atoms with Crippen molar-refractivity contribution in [1.29, 1.82) is 0 Å². The van der Waals surface area contributed by atoms with E-state index in [1.807, 2.05) is 0 Å². The fourth-order valence-electron chi connectivity index (χ4n) is 8.04. The molecule has 0 aromatic heterocycles. The lowest BCUT2D eigenvalue weighted by Crippen LogP contribution is -2.57. The molecule has 0 radical (unpaired) electrons. The van der Waals surface area contributed by atoms with Crippen LogP contribution in [-0.2, 0) is 4.79 Å². The number of fused-ring (bicyclic) bond motifs is 3. The molecule has 1 spiro atoms. The molecule has 4 fully saturated rings. The summed E-state index contributed by atoms with van der Waals surface area (Å²) in [6.45, 7) is 8.90. The zero-order valence-electron chi connectivity index (χ0n) is 15.2. The van der Waals surface area contributed by atoms with E-state index in [4.69, 9.17) is 0 Å². The van der Waals surface area contributed by atoms with Crippen LogP contribution in [0.1, 0.15) is 78.1 Å². The van der Waals surface area contributed by atoms with Gasteiger partial charge in [0.2, 0.25) is 0 Å². The lowest BCUT2D eigenvalue weighted by molar-refractivity contribution is -0.171. The number of hydrogen-bond acceptors (Lipinski definition) is 2. The fourth-order valence-corrected chi connectivity index (χ4v) is 8.04. The van der Waals surface area contributed by atoms with E-state index in [1.54, 1.807) is 0 Å². The van der Waals surface area contributed by atoms with Gasteiger partial charge in [-0.2, -0.15) is 0 Å². The Morgan fingerprint density at radius 1 is 1.17 bits per heavy atom. The van der Waals surface area contributed by atoms with Gasteiger partial charge in [-0.05, 0) is 85.0 Å². The number of rotatable bonds is 2. The molecule has 4 saturated carbocycles. The highest BCUT2D eigenvalue weighted by atomic mass is 16.4. The van der Waals surface area contributed by atoms with Gasteiger partial charge in [-0.15, -0.1) is 0 Å². The van der Waals surface area contributed by atoms with E-state index in [0.717, 1.165) is 56.9 Å². The van der Waals surface area contributed by atoms with Crippen molar-refractivity contribution in [2.75, 3.05) is 0 Å². The van der Waals surface area contributed by atoms with Crippen molar-refractivity contribution < 1.29 is 15.0 Å². The minimum Gasteiger partial charge on any atom is -0.481 e. The topological polar surface area (TPSA) is 57.5 Å². The van der Waals surface area contributed by atoms with E-state index in [9.17, 15) is 15.0 Å². The van der Waals surface area contributed by atoms with Gasteiger partial charge in [0.1, 0.15) is 0 Å². The highest BCUT2D eigenvalue weighted by molar-refractivity contribution is 5.67. The summed E-state index contributed by atoms with van der Waals surface area (Å²) in [6, 6.07) is 0. The number of aliphatic carboxylic acids is 1. The molecule has 2 bridgehead atoms. The summed E-state index contributed by atoms with van der Waals surface area (Å²) in [4.78, 5) is 11.5. The van der Waals surface area contributed by atoms with Gasteiger partial charge in [-0.1, -0.05) is 26.8 Å². The van der Waals surface area contributed by atoms with E-state index in [-0.39, 0.29) is 16.2 Å². The van der Waals surface area contributed by atoms with Crippen LogP contribution in [0.5, 0.6) is 0 Å². The Hall–Kier alpha value is -0.830. The smallest absolute Gasteiger partial charge is 0.303 e. The van der Waals surface area contributed by atoms with Gasteiger partial charge >= 0.3 is 5.97 Å². The SMILES string of the molecule is C=C1C[C@@]23CC[C@@H]4[C@](C)(CC(=O)O)CCC[C@@]4(C)[C@@H]2CC[C@]1(O)C3. The van der Waals surface area contributed by atoms with Gasteiger partial charge in [0.05, 0.1) is 12.0 Å². The predicted molar refractivity (Wildman–Crippen MR) is 93.5 cm³/mol. The molecule has 4 rings (SSSR count). The second-order valence-electron chi connectivity index (χ2n) is 10.1. The largest absolute Gasteiger partial charge is 0.481 e. The van der Waals surface area contributed by atoms with Crippen LogP contribution in [-0.4, -0.2) is 21.8 Å². The first-order valence-electron chi connectivity index (χ1n) is 9.76. The highest BCUT2D eigenvalue weighted by Crippen LogP contribution is 2.73. The molecule has 0 aromatic rings. The van der Waals surface area contributed by atoms with E-state index in [0.29, 0.717) is 18.3 Å². The number of aliphatic hydroxyl groups is 1. The van der Waals surface area contributed by atoms with Crippen molar-refractivity contribution in [2.45, 2.75) is 83.7 Å². The van der Waals surface area contributed by atoms with Crippen molar-refractivity contribution in [1.82, 2.24) is 0 Å². The van der Waals surface area contributed by atoms with E-state index in [2.05, 4.69) is 20.4 Å². The average Bonchev–Trinajstić information content (AvgIpc) is 2.62. The quantitative estimate of drug-likeness (QED) is 0.730. The van der Waals surface area contributed by atoms with Crippen LogP contribution in [0.15, 0.2) is 12.2 Å². The molecule has 0 amide bonds. The summed E-state index contributed by atoms with van der Waals surface area (Å²) in [5.41, 5.74) is 0.850.